The van der Waals surface area contributed by atoms with E-state index in [2.05, 4.69) is 110 Å². The lowest BCUT2D eigenvalue weighted by atomic mass is 9.89. The summed E-state index contributed by atoms with van der Waals surface area (Å²) >= 11 is 0. The minimum Gasteiger partial charge on any atom is -0.208 e. The van der Waals surface area contributed by atoms with E-state index in [0.29, 0.717) is 23.4 Å². The number of hydrogen-bond donors (Lipinski definition) is 0. The monoisotopic (exact) mass is 627 g/mol. The average Bonchev–Trinajstić information content (AvgIpc) is 3.18. The summed E-state index contributed by atoms with van der Waals surface area (Å²) in [5.41, 5.74) is 7.52. The molecular formula is C46H33N3. The molecule has 1 unspecified atom stereocenters. The topological polar surface area (TPSA) is 38.7 Å². The molecule has 3 heteroatoms. The van der Waals surface area contributed by atoms with Gasteiger partial charge in [-0.1, -0.05) is 153 Å². The second kappa shape index (κ2) is 12.1. The molecule has 3 nitrogen and oxygen atoms in total. The summed E-state index contributed by atoms with van der Waals surface area (Å²) < 4.78 is 0. The largest absolute Gasteiger partial charge is 0.208 e. The average molecular weight is 628 g/mol. The fourth-order valence-electron chi connectivity index (χ4n) is 7.13. The van der Waals surface area contributed by atoms with Crippen molar-refractivity contribution in [1.82, 2.24) is 15.0 Å². The van der Waals surface area contributed by atoms with Gasteiger partial charge in [-0.05, 0) is 84.8 Å². The Morgan fingerprint density at radius 1 is 0.388 bits per heavy atom. The van der Waals surface area contributed by atoms with Crippen molar-refractivity contribution in [2.75, 3.05) is 0 Å². The zero-order valence-electron chi connectivity index (χ0n) is 27.2. The summed E-state index contributed by atoms with van der Waals surface area (Å²) in [6, 6.07) is 53.4. The number of hydrogen-bond acceptors (Lipinski definition) is 3. The van der Waals surface area contributed by atoms with E-state index in [1.54, 1.807) is 0 Å². The zero-order valence-corrected chi connectivity index (χ0v) is 27.2. The lowest BCUT2D eigenvalue weighted by Crippen LogP contribution is -2.30. The van der Waals surface area contributed by atoms with E-state index in [4.69, 9.17) is 15.0 Å². The summed E-state index contributed by atoms with van der Waals surface area (Å²) in [6.07, 6.45) is 5.97. The van der Waals surface area contributed by atoms with Crippen LogP contribution in [0.5, 0.6) is 0 Å². The molecule has 0 fully saturated rings. The minimum atomic E-state index is 0.538. The zero-order chi connectivity index (χ0) is 32.7. The third-order valence-corrected chi connectivity index (χ3v) is 9.60. The quantitative estimate of drug-likeness (QED) is 0.178. The maximum absolute atomic E-state index is 4.96. The highest BCUT2D eigenvalue weighted by Crippen LogP contribution is 2.33. The molecule has 9 rings (SSSR count). The number of fused-ring (bicyclic) bond motifs is 6. The van der Waals surface area contributed by atoms with Crippen LogP contribution < -0.4 is 10.4 Å². The molecule has 232 valence electrons. The lowest BCUT2D eigenvalue weighted by molar-refractivity contribution is 0.802. The number of nitrogens with zero attached hydrogens (tertiary/aromatic N) is 3. The van der Waals surface area contributed by atoms with Crippen LogP contribution in [0.4, 0.5) is 0 Å². The number of aromatic nitrogens is 3. The van der Waals surface area contributed by atoms with Crippen molar-refractivity contribution < 1.29 is 0 Å². The standard InChI is InChI=1S/C46H33N3/c1-30-22-24-40-38-20-8-9-21-39(38)43-29-36(23-25-41(43)42(40)26-30)34-17-10-16-33(27-34)35-18-11-19-37(28-35)46-48-44(31-12-4-2-5-13-31)47-45(49-46)32-14-6-3-7-15-32/h2-21,23-30H,22H2,1H3. The SMILES string of the molecule is CC1C=c2c(c3ccccc3c3cc(-c4cccc(-c5cccc(-c6nc(-c7ccccc7)nc(-c7ccccc7)n6)c5)c4)ccc23)=CC1. The molecule has 0 bridgehead atoms. The second-order valence-corrected chi connectivity index (χ2v) is 12.9. The van der Waals surface area contributed by atoms with Crippen molar-refractivity contribution in [3.05, 3.63) is 162 Å². The van der Waals surface area contributed by atoms with Gasteiger partial charge in [-0.15, -0.1) is 0 Å². The van der Waals surface area contributed by atoms with Crippen molar-refractivity contribution in [2.45, 2.75) is 13.3 Å². The maximum Gasteiger partial charge on any atom is 0.164 e. The predicted molar refractivity (Wildman–Crippen MR) is 204 cm³/mol. The fourth-order valence-corrected chi connectivity index (χ4v) is 7.13. The first-order chi connectivity index (χ1) is 24.2. The Balaban J connectivity index is 1.14. The Morgan fingerprint density at radius 3 is 1.49 bits per heavy atom. The summed E-state index contributed by atoms with van der Waals surface area (Å²) in [6.45, 7) is 2.31. The van der Waals surface area contributed by atoms with E-state index in [0.717, 1.165) is 34.2 Å². The van der Waals surface area contributed by atoms with E-state index in [1.165, 1.54) is 43.1 Å². The van der Waals surface area contributed by atoms with E-state index < -0.39 is 0 Å². The molecule has 0 spiro atoms. The second-order valence-electron chi connectivity index (χ2n) is 12.9. The van der Waals surface area contributed by atoms with E-state index in [1.807, 2.05) is 60.7 Å². The summed E-state index contributed by atoms with van der Waals surface area (Å²) in [5.74, 6) is 2.51. The van der Waals surface area contributed by atoms with Gasteiger partial charge in [0.25, 0.3) is 0 Å². The Bertz CT molecular complexity index is 2590. The fraction of sp³-hybridized carbons (Fsp3) is 0.0652. The maximum atomic E-state index is 4.96. The molecule has 49 heavy (non-hydrogen) atoms. The molecule has 7 aromatic carbocycles. The van der Waals surface area contributed by atoms with Gasteiger partial charge in [-0.25, -0.2) is 15.0 Å². The smallest absolute Gasteiger partial charge is 0.164 e. The summed E-state index contributed by atoms with van der Waals surface area (Å²) in [4.78, 5) is 14.8. The lowest BCUT2D eigenvalue weighted by Gasteiger charge is -2.15. The van der Waals surface area contributed by atoms with Crippen LogP contribution in [0.1, 0.15) is 13.3 Å². The van der Waals surface area contributed by atoms with Gasteiger partial charge in [-0.2, -0.15) is 0 Å². The Kier molecular flexibility index (Phi) is 7.17. The highest BCUT2D eigenvalue weighted by Gasteiger charge is 2.14. The molecule has 1 heterocycles. The van der Waals surface area contributed by atoms with Crippen LogP contribution >= 0.6 is 0 Å². The molecule has 1 aromatic heterocycles. The van der Waals surface area contributed by atoms with Crippen molar-refractivity contribution in [2.24, 2.45) is 5.92 Å². The van der Waals surface area contributed by atoms with E-state index >= 15 is 0 Å². The van der Waals surface area contributed by atoms with Gasteiger partial charge in [0.2, 0.25) is 0 Å². The molecular weight excluding hydrogens is 595 g/mol. The van der Waals surface area contributed by atoms with Crippen LogP contribution in [-0.2, 0) is 0 Å². The van der Waals surface area contributed by atoms with Gasteiger partial charge in [0.15, 0.2) is 17.5 Å². The van der Waals surface area contributed by atoms with Gasteiger partial charge in [0.1, 0.15) is 0 Å². The number of benzene rings is 7. The highest BCUT2D eigenvalue weighted by atomic mass is 15.0. The van der Waals surface area contributed by atoms with Crippen LogP contribution in [0, 0.1) is 5.92 Å². The van der Waals surface area contributed by atoms with Gasteiger partial charge in [0, 0.05) is 16.7 Å². The molecule has 0 radical (unpaired) electrons. The van der Waals surface area contributed by atoms with Gasteiger partial charge in [-0.3, -0.25) is 0 Å². The molecule has 8 aromatic rings. The van der Waals surface area contributed by atoms with Crippen molar-refractivity contribution >= 4 is 33.7 Å². The Morgan fingerprint density at radius 2 is 0.857 bits per heavy atom. The molecule has 1 atom stereocenters. The van der Waals surface area contributed by atoms with Crippen molar-refractivity contribution in [3.8, 4) is 56.4 Å². The van der Waals surface area contributed by atoms with Crippen molar-refractivity contribution in [1.29, 1.82) is 0 Å². The van der Waals surface area contributed by atoms with Crippen LogP contribution in [-0.4, -0.2) is 15.0 Å². The van der Waals surface area contributed by atoms with Crippen LogP contribution in [0.3, 0.4) is 0 Å². The first kappa shape index (κ1) is 29.0. The molecule has 0 N–H and O–H groups in total. The highest BCUT2D eigenvalue weighted by molar-refractivity contribution is 6.09. The molecule has 0 saturated carbocycles. The third kappa shape index (κ3) is 5.40. The summed E-state index contributed by atoms with van der Waals surface area (Å²) in [7, 11) is 0. The Labute approximate surface area is 285 Å². The summed E-state index contributed by atoms with van der Waals surface area (Å²) in [5, 5.41) is 8.01. The first-order valence-electron chi connectivity index (χ1n) is 16.9. The van der Waals surface area contributed by atoms with E-state index in [9.17, 15) is 0 Å². The molecule has 1 aliphatic rings. The van der Waals surface area contributed by atoms with Crippen LogP contribution in [0.15, 0.2) is 152 Å². The Hall–Kier alpha value is -6.19. The van der Waals surface area contributed by atoms with Crippen molar-refractivity contribution in [3.63, 3.8) is 0 Å². The molecule has 0 saturated heterocycles. The van der Waals surface area contributed by atoms with Gasteiger partial charge in [0.05, 0.1) is 0 Å². The molecule has 0 amide bonds. The van der Waals surface area contributed by atoms with Crippen LogP contribution in [0.2, 0.25) is 0 Å². The number of rotatable bonds is 5. The van der Waals surface area contributed by atoms with E-state index in [-0.39, 0.29) is 0 Å². The normalized spacial score (nSPS) is 13.9. The molecule has 0 aliphatic heterocycles. The predicted octanol–water partition coefficient (Wildman–Crippen LogP) is 10.1. The minimum absolute atomic E-state index is 0.538. The van der Waals surface area contributed by atoms with Gasteiger partial charge < -0.3 is 0 Å². The third-order valence-electron chi connectivity index (χ3n) is 9.60. The van der Waals surface area contributed by atoms with Crippen LogP contribution in [0.25, 0.3) is 90.1 Å². The molecule has 1 aliphatic carbocycles. The first-order valence-corrected chi connectivity index (χ1v) is 16.9. The van der Waals surface area contributed by atoms with Gasteiger partial charge >= 0.3 is 0 Å².